The molecule has 1 rings (SSSR count). The van der Waals surface area contributed by atoms with Crippen LogP contribution in [0.4, 0.5) is 0 Å². The molecule has 0 saturated carbocycles. The molecule has 1 N–H and O–H groups in total. The molecular formula is C11H12O2. The fraction of sp³-hybridized carbons (Fsp3) is 0.182. The third-order valence-corrected chi connectivity index (χ3v) is 2.04. The molecule has 13 heavy (non-hydrogen) atoms. The van der Waals surface area contributed by atoms with E-state index in [1.165, 1.54) is 0 Å². The van der Waals surface area contributed by atoms with Gasteiger partial charge in [-0.05, 0) is 18.1 Å². The summed E-state index contributed by atoms with van der Waals surface area (Å²) in [5, 5.41) is 8.75. The molecule has 0 aliphatic carbocycles. The second-order valence-electron chi connectivity index (χ2n) is 2.95. The Labute approximate surface area is 77.5 Å². The highest BCUT2D eigenvalue weighted by Gasteiger charge is 2.15. The molecular weight excluding hydrogens is 164 g/mol. The highest BCUT2D eigenvalue weighted by Crippen LogP contribution is 2.20. The van der Waals surface area contributed by atoms with E-state index in [9.17, 15) is 4.79 Å². The Morgan fingerprint density at radius 3 is 2.38 bits per heavy atom. The fourth-order valence-corrected chi connectivity index (χ4v) is 1.05. The van der Waals surface area contributed by atoms with Gasteiger partial charge >= 0.3 is 5.97 Å². The van der Waals surface area contributed by atoms with Crippen LogP contribution in [0.25, 0.3) is 5.57 Å². The number of hydrogen-bond acceptors (Lipinski definition) is 1. The first kappa shape index (κ1) is 9.52. The van der Waals surface area contributed by atoms with Crippen LogP contribution in [0, 0.1) is 5.92 Å². The van der Waals surface area contributed by atoms with Gasteiger partial charge in [-0.2, -0.15) is 0 Å². The summed E-state index contributed by atoms with van der Waals surface area (Å²) in [7, 11) is 0. The Morgan fingerprint density at radius 1 is 1.38 bits per heavy atom. The Balaban J connectivity index is 2.86. The first-order valence-electron chi connectivity index (χ1n) is 4.10. The molecule has 0 radical (unpaired) electrons. The Kier molecular flexibility index (Phi) is 2.85. The van der Waals surface area contributed by atoms with Gasteiger partial charge in [0.25, 0.3) is 0 Å². The van der Waals surface area contributed by atoms with Crippen molar-refractivity contribution in [2.75, 3.05) is 0 Å². The monoisotopic (exact) mass is 176 g/mol. The van der Waals surface area contributed by atoms with E-state index in [-0.39, 0.29) is 0 Å². The molecule has 0 bridgehead atoms. The summed E-state index contributed by atoms with van der Waals surface area (Å²) in [5.74, 6) is -1.36. The Hall–Kier alpha value is -1.57. The molecule has 1 unspecified atom stereocenters. The molecule has 1 atom stereocenters. The molecule has 0 aliphatic heterocycles. The van der Waals surface area contributed by atoms with Crippen molar-refractivity contribution in [2.24, 2.45) is 5.92 Å². The normalized spacial score (nSPS) is 12.1. The van der Waals surface area contributed by atoms with Crippen molar-refractivity contribution in [1.29, 1.82) is 0 Å². The van der Waals surface area contributed by atoms with Crippen LogP contribution in [0.1, 0.15) is 12.5 Å². The van der Waals surface area contributed by atoms with Gasteiger partial charge in [0, 0.05) is 0 Å². The average molecular weight is 176 g/mol. The predicted molar refractivity (Wildman–Crippen MR) is 52.3 cm³/mol. The van der Waals surface area contributed by atoms with E-state index in [4.69, 9.17) is 5.11 Å². The van der Waals surface area contributed by atoms with Gasteiger partial charge in [0.1, 0.15) is 0 Å². The van der Waals surface area contributed by atoms with Gasteiger partial charge in [-0.15, -0.1) is 0 Å². The second-order valence-corrected chi connectivity index (χ2v) is 2.95. The number of carbonyl (C=O) groups is 1. The minimum Gasteiger partial charge on any atom is -0.481 e. The van der Waals surface area contributed by atoms with Gasteiger partial charge in [-0.25, -0.2) is 0 Å². The summed E-state index contributed by atoms with van der Waals surface area (Å²) in [4.78, 5) is 10.7. The summed E-state index contributed by atoms with van der Waals surface area (Å²) in [6.07, 6.45) is 0. The van der Waals surface area contributed by atoms with E-state index < -0.39 is 11.9 Å². The highest BCUT2D eigenvalue weighted by atomic mass is 16.4. The van der Waals surface area contributed by atoms with Crippen molar-refractivity contribution in [3.8, 4) is 0 Å². The lowest BCUT2D eigenvalue weighted by atomic mass is 9.96. The van der Waals surface area contributed by atoms with Crippen molar-refractivity contribution in [2.45, 2.75) is 6.92 Å². The lowest BCUT2D eigenvalue weighted by molar-refractivity contribution is -0.139. The molecule has 68 valence electrons. The molecule has 0 spiro atoms. The molecule has 0 amide bonds. The minimum atomic E-state index is -0.839. The van der Waals surface area contributed by atoms with E-state index in [0.717, 1.165) is 5.56 Å². The number of carboxylic acid groups (broad SMARTS) is 1. The average Bonchev–Trinajstić information content (AvgIpc) is 2.17. The van der Waals surface area contributed by atoms with Crippen LogP contribution in [-0.2, 0) is 4.79 Å². The Morgan fingerprint density at radius 2 is 1.92 bits per heavy atom. The number of hydrogen-bond donors (Lipinski definition) is 1. The van der Waals surface area contributed by atoms with Gasteiger partial charge < -0.3 is 5.11 Å². The molecule has 2 heteroatoms. The van der Waals surface area contributed by atoms with Gasteiger partial charge in [0.05, 0.1) is 5.92 Å². The van der Waals surface area contributed by atoms with Gasteiger partial charge in [-0.3, -0.25) is 4.79 Å². The van der Waals surface area contributed by atoms with E-state index in [2.05, 4.69) is 6.58 Å². The van der Waals surface area contributed by atoms with Crippen LogP contribution in [0.5, 0.6) is 0 Å². The summed E-state index contributed by atoms with van der Waals surface area (Å²) >= 11 is 0. The zero-order valence-corrected chi connectivity index (χ0v) is 7.53. The zero-order chi connectivity index (χ0) is 9.84. The van der Waals surface area contributed by atoms with E-state index >= 15 is 0 Å². The third-order valence-electron chi connectivity index (χ3n) is 2.04. The first-order chi connectivity index (χ1) is 6.13. The largest absolute Gasteiger partial charge is 0.481 e. The fourth-order valence-electron chi connectivity index (χ4n) is 1.05. The van der Waals surface area contributed by atoms with Crippen molar-refractivity contribution in [1.82, 2.24) is 0 Å². The molecule has 0 heterocycles. The molecule has 0 aliphatic rings. The molecule has 1 aromatic rings. The number of benzene rings is 1. The molecule has 1 aromatic carbocycles. The third kappa shape index (κ3) is 2.18. The summed E-state index contributed by atoms with van der Waals surface area (Å²) < 4.78 is 0. The Bertz CT molecular complexity index is 314. The molecule has 0 fully saturated rings. The van der Waals surface area contributed by atoms with Crippen LogP contribution in [0.3, 0.4) is 0 Å². The predicted octanol–water partition coefficient (Wildman–Crippen LogP) is 2.42. The highest BCUT2D eigenvalue weighted by molar-refractivity contribution is 5.85. The minimum absolute atomic E-state index is 0.526. The number of aliphatic carboxylic acids is 1. The van der Waals surface area contributed by atoms with Crippen molar-refractivity contribution in [3.63, 3.8) is 0 Å². The standard InChI is InChI=1S/C11H12O2/c1-8(9(2)11(12)13)10-6-4-3-5-7-10/h3-7,9H,1H2,2H3,(H,12,13). The van der Waals surface area contributed by atoms with E-state index in [1.807, 2.05) is 30.3 Å². The van der Waals surface area contributed by atoms with Gasteiger partial charge in [-0.1, -0.05) is 36.9 Å². The van der Waals surface area contributed by atoms with Gasteiger partial charge in [0.15, 0.2) is 0 Å². The van der Waals surface area contributed by atoms with Crippen LogP contribution < -0.4 is 0 Å². The van der Waals surface area contributed by atoms with Crippen molar-refractivity contribution in [3.05, 3.63) is 42.5 Å². The number of rotatable bonds is 3. The molecule has 2 nitrogen and oxygen atoms in total. The summed E-state index contributed by atoms with van der Waals surface area (Å²) in [6.45, 7) is 5.40. The van der Waals surface area contributed by atoms with Crippen molar-refractivity contribution < 1.29 is 9.90 Å². The van der Waals surface area contributed by atoms with Crippen LogP contribution >= 0.6 is 0 Å². The maximum absolute atomic E-state index is 10.7. The van der Waals surface area contributed by atoms with Crippen LogP contribution in [0.15, 0.2) is 36.9 Å². The molecule has 0 aromatic heterocycles. The lowest BCUT2D eigenvalue weighted by Gasteiger charge is -2.09. The van der Waals surface area contributed by atoms with E-state index in [1.54, 1.807) is 6.92 Å². The zero-order valence-electron chi connectivity index (χ0n) is 7.53. The smallest absolute Gasteiger partial charge is 0.310 e. The van der Waals surface area contributed by atoms with Crippen molar-refractivity contribution >= 4 is 11.5 Å². The first-order valence-corrected chi connectivity index (χ1v) is 4.10. The van der Waals surface area contributed by atoms with E-state index in [0.29, 0.717) is 5.57 Å². The summed E-state index contributed by atoms with van der Waals surface area (Å²) in [5.41, 5.74) is 1.53. The SMILES string of the molecule is C=C(c1ccccc1)C(C)C(=O)O. The second kappa shape index (κ2) is 3.90. The van der Waals surface area contributed by atoms with Crippen LogP contribution in [-0.4, -0.2) is 11.1 Å². The maximum atomic E-state index is 10.7. The van der Waals surface area contributed by atoms with Crippen LogP contribution in [0.2, 0.25) is 0 Å². The summed E-state index contributed by atoms with van der Waals surface area (Å²) in [6, 6.07) is 9.36. The quantitative estimate of drug-likeness (QED) is 0.767. The molecule has 0 saturated heterocycles. The van der Waals surface area contributed by atoms with Gasteiger partial charge in [0.2, 0.25) is 0 Å². The topological polar surface area (TPSA) is 37.3 Å². The lowest BCUT2D eigenvalue weighted by Crippen LogP contribution is -2.10. The maximum Gasteiger partial charge on any atom is 0.310 e. The number of carboxylic acids is 1.